The number of phenolic OH excluding ortho intramolecular Hbond substituents is 2. The number of benzene rings is 1. The molecule has 1 aromatic rings. The molecule has 0 heterocycles. The summed E-state index contributed by atoms with van der Waals surface area (Å²) in [4.78, 5) is 0. The number of ether oxygens (including phenoxy) is 1. The van der Waals surface area contributed by atoms with E-state index in [1.807, 2.05) is 6.92 Å². The summed E-state index contributed by atoms with van der Waals surface area (Å²) >= 11 is 0. The molecular weight excluding hydrogens is 230 g/mol. The van der Waals surface area contributed by atoms with Gasteiger partial charge < -0.3 is 20.3 Å². The molecule has 0 aliphatic rings. The minimum Gasteiger partial charge on any atom is -0.507 e. The van der Waals surface area contributed by atoms with Crippen molar-refractivity contribution in [1.82, 2.24) is 5.32 Å². The highest BCUT2D eigenvalue weighted by Crippen LogP contribution is 2.31. The van der Waals surface area contributed by atoms with Crippen molar-refractivity contribution in [2.24, 2.45) is 0 Å². The molecule has 1 unspecified atom stereocenters. The largest absolute Gasteiger partial charge is 0.507 e. The smallest absolute Gasteiger partial charge is 0.124 e. The van der Waals surface area contributed by atoms with Crippen LogP contribution in [0.5, 0.6) is 11.5 Å². The van der Waals surface area contributed by atoms with Gasteiger partial charge in [0, 0.05) is 19.2 Å². The summed E-state index contributed by atoms with van der Waals surface area (Å²) in [6.45, 7) is 6.15. The summed E-state index contributed by atoms with van der Waals surface area (Å²) in [7, 11) is 0. The molecule has 1 rings (SSSR count). The highest BCUT2D eigenvalue weighted by molar-refractivity contribution is 5.44. The van der Waals surface area contributed by atoms with Crippen LogP contribution < -0.4 is 5.32 Å². The number of rotatable bonds is 8. The summed E-state index contributed by atoms with van der Waals surface area (Å²) < 4.78 is 5.43. The zero-order valence-corrected chi connectivity index (χ0v) is 11.1. The molecule has 1 atom stereocenters. The van der Waals surface area contributed by atoms with Crippen molar-refractivity contribution in [3.8, 4) is 11.5 Å². The number of nitrogens with one attached hydrogen (secondary N) is 1. The third-order valence-corrected chi connectivity index (χ3v) is 2.83. The van der Waals surface area contributed by atoms with Crippen molar-refractivity contribution in [3.63, 3.8) is 0 Å². The van der Waals surface area contributed by atoms with E-state index >= 15 is 0 Å². The lowest BCUT2D eigenvalue weighted by atomic mass is 10.1. The number of phenols is 2. The van der Waals surface area contributed by atoms with E-state index in [0.717, 1.165) is 19.4 Å². The number of unbranched alkanes of at least 4 members (excludes halogenated alkanes) is 1. The minimum absolute atomic E-state index is 0.110. The monoisotopic (exact) mass is 253 g/mol. The molecule has 102 valence electrons. The van der Waals surface area contributed by atoms with Gasteiger partial charge in [-0.25, -0.2) is 0 Å². The highest BCUT2D eigenvalue weighted by atomic mass is 16.5. The van der Waals surface area contributed by atoms with Crippen LogP contribution in [-0.4, -0.2) is 30.0 Å². The first-order valence-electron chi connectivity index (χ1n) is 6.48. The van der Waals surface area contributed by atoms with Gasteiger partial charge in [-0.3, -0.25) is 0 Å². The van der Waals surface area contributed by atoms with Gasteiger partial charge in [0.25, 0.3) is 0 Å². The fraction of sp³-hybridized carbons (Fsp3) is 0.571. The normalized spacial score (nSPS) is 12.6. The van der Waals surface area contributed by atoms with Crippen molar-refractivity contribution >= 4 is 0 Å². The Kier molecular flexibility index (Phi) is 6.54. The van der Waals surface area contributed by atoms with Crippen molar-refractivity contribution in [2.75, 3.05) is 19.8 Å². The van der Waals surface area contributed by atoms with Crippen LogP contribution in [0.1, 0.15) is 38.3 Å². The van der Waals surface area contributed by atoms with Crippen LogP contribution in [0.3, 0.4) is 0 Å². The van der Waals surface area contributed by atoms with E-state index in [4.69, 9.17) is 4.74 Å². The minimum atomic E-state index is -0.110. The van der Waals surface area contributed by atoms with Crippen LogP contribution in [0.15, 0.2) is 18.2 Å². The van der Waals surface area contributed by atoms with Crippen LogP contribution in [-0.2, 0) is 4.74 Å². The maximum absolute atomic E-state index is 9.70. The molecule has 4 nitrogen and oxygen atoms in total. The second-order valence-electron chi connectivity index (χ2n) is 4.35. The Morgan fingerprint density at radius 1 is 1.22 bits per heavy atom. The SMILES string of the molecule is CCCCOCCNC(C)c1c(O)cccc1O. The maximum atomic E-state index is 9.70. The number of aromatic hydroxyl groups is 2. The van der Waals surface area contributed by atoms with Gasteiger partial charge in [-0.1, -0.05) is 19.4 Å². The van der Waals surface area contributed by atoms with Crippen molar-refractivity contribution in [2.45, 2.75) is 32.7 Å². The molecule has 0 aliphatic carbocycles. The average molecular weight is 253 g/mol. The van der Waals surface area contributed by atoms with Crippen molar-refractivity contribution in [1.29, 1.82) is 0 Å². The zero-order valence-electron chi connectivity index (χ0n) is 11.1. The maximum Gasteiger partial charge on any atom is 0.124 e. The number of hydrogen-bond donors (Lipinski definition) is 3. The van der Waals surface area contributed by atoms with Gasteiger partial charge in [-0.15, -0.1) is 0 Å². The molecule has 3 N–H and O–H groups in total. The Hall–Kier alpha value is -1.26. The van der Waals surface area contributed by atoms with Crippen molar-refractivity contribution in [3.05, 3.63) is 23.8 Å². The fourth-order valence-corrected chi connectivity index (χ4v) is 1.78. The van der Waals surface area contributed by atoms with E-state index in [1.54, 1.807) is 18.2 Å². The van der Waals surface area contributed by atoms with E-state index in [2.05, 4.69) is 12.2 Å². The van der Waals surface area contributed by atoms with Gasteiger partial charge in [0.15, 0.2) is 0 Å². The molecule has 18 heavy (non-hydrogen) atoms. The van der Waals surface area contributed by atoms with E-state index in [0.29, 0.717) is 18.7 Å². The summed E-state index contributed by atoms with van der Waals surface area (Å²) in [5, 5.41) is 22.6. The molecule has 0 radical (unpaired) electrons. The van der Waals surface area contributed by atoms with Crippen LogP contribution in [0.25, 0.3) is 0 Å². The Balaban J connectivity index is 2.34. The molecule has 0 aliphatic heterocycles. The lowest BCUT2D eigenvalue weighted by molar-refractivity contribution is 0.131. The van der Waals surface area contributed by atoms with Gasteiger partial charge >= 0.3 is 0 Å². The highest BCUT2D eigenvalue weighted by Gasteiger charge is 2.13. The summed E-state index contributed by atoms with van der Waals surface area (Å²) in [6.07, 6.45) is 2.21. The quantitative estimate of drug-likeness (QED) is 0.623. The molecule has 0 aromatic heterocycles. The topological polar surface area (TPSA) is 61.7 Å². The average Bonchev–Trinajstić information content (AvgIpc) is 2.33. The second-order valence-corrected chi connectivity index (χ2v) is 4.35. The Bertz CT molecular complexity index is 335. The summed E-state index contributed by atoms with van der Waals surface area (Å²) in [5.74, 6) is 0.226. The Labute approximate surface area is 109 Å². The summed E-state index contributed by atoms with van der Waals surface area (Å²) in [6, 6.07) is 4.66. The van der Waals surface area contributed by atoms with E-state index in [1.165, 1.54) is 0 Å². The Morgan fingerprint density at radius 3 is 2.50 bits per heavy atom. The van der Waals surface area contributed by atoms with Crippen molar-refractivity contribution < 1.29 is 14.9 Å². The van der Waals surface area contributed by atoms with E-state index < -0.39 is 0 Å². The van der Waals surface area contributed by atoms with Crippen LogP contribution >= 0.6 is 0 Å². The molecule has 1 aromatic carbocycles. The molecule has 0 saturated carbocycles. The van der Waals surface area contributed by atoms with Gasteiger partial charge in [-0.2, -0.15) is 0 Å². The Morgan fingerprint density at radius 2 is 1.89 bits per heavy atom. The molecule has 0 amide bonds. The van der Waals surface area contributed by atoms with Gasteiger partial charge in [0.2, 0.25) is 0 Å². The second kappa shape index (κ2) is 7.95. The fourth-order valence-electron chi connectivity index (χ4n) is 1.78. The van der Waals surface area contributed by atoms with Gasteiger partial charge in [0.05, 0.1) is 12.2 Å². The first-order chi connectivity index (χ1) is 8.66. The first kappa shape index (κ1) is 14.8. The standard InChI is InChI=1S/C14H23NO3/c1-3-4-9-18-10-8-15-11(2)14-12(16)6-5-7-13(14)17/h5-7,11,15-17H,3-4,8-10H2,1-2H3. The summed E-state index contributed by atoms with van der Waals surface area (Å²) in [5.41, 5.74) is 0.533. The van der Waals surface area contributed by atoms with E-state index in [9.17, 15) is 10.2 Å². The van der Waals surface area contributed by atoms with Crippen LogP contribution in [0.4, 0.5) is 0 Å². The molecular formula is C14H23NO3. The molecule has 0 bridgehead atoms. The zero-order chi connectivity index (χ0) is 13.4. The third-order valence-electron chi connectivity index (χ3n) is 2.83. The lowest BCUT2D eigenvalue weighted by Crippen LogP contribution is -2.23. The molecule has 0 spiro atoms. The molecule has 0 saturated heterocycles. The lowest BCUT2D eigenvalue weighted by Gasteiger charge is -2.16. The van der Waals surface area contributed by atoms with E-state index in [-0.39, 0.29) is 17.5 Å². The predicted molar refractivity (Wildman–Crippen MR) is 71.9 cm³/mol. The van der Waals surface area contributed by atoms with Gasteiger partial charge in [-0.05, 0) is 25.5 Å². The number of hydrogen-bond acceptors (Lipinski definition) is 4. The third kappa shape index (κ3) is 4.55. The van der Waals surface area contributed by atoms with Gasteiger partial charge in [0.1, 0.15) is 11.5 Å². The molecule has 0 fully saturated rings. The van der Waals surface area contributed by atoms with Crippen LogP contribution in [0.2, 0.25) is 0 Å². The van der Waals surface area contributed by atoms with Crippen LogP contribution in [0, 0.1) is 0 Å². The predicted octanol–water partition coefficient (Wildman–Crippen LogP) is 2.57. The molecule has 4 heteroatoms. The first-order valence-corrected chi connectivity index (χ1v) is 6.48.